The Labute approximate surface area is 119 Å². The topological polar surface area (TPSA) is 40.5 Å². The summed E-state index contributed by atoms with van der Waals surface area (Å²) in [6.07, 6.45) is 2.31. The first-order chi connectivity index (χ1) is 9.06. The van der Waals surface area contributed by atoms with Crippen LogP contribution in [0.15, 0.2) is 29.2 Å². The van der Waals surface area contributed by atoms with E-state index in [1.54, 1.807) is 12.1 Å². The molecule has 0 saturated heterocycles. The van der Waals surface area contributed by atoms with Crippen molar-refractivity contribution >= 4 is 17.7 Å². The van der Waals surface area contributed by atoms with Crippen molar-refractivity contribution in [1.29, 1.82) is 0 Å². The number of phenols is 1. The van der Waals surface area contributed by atoms with Crippen molar-refractivity contribution in [3.63, 3.8) is 0 Å². The number of thioether (sulfide) groups is 1. The molecule has 19 heavy (non-hydrogen) atoms. The molecule has 4 heteroatoms. The molecular formula is C15H21NO2S. The summed E-state index contributed by atoms with van der Waals surface area (Å²) in [7, 11) is 0. The number of carbonyl (C=O) groups is 1. The Kier molecular flexibility index (Phi) is 4.75. The van der Waals surface area contributed by atoms with Gasteiger partial charge in [0.1, 0.15) is 5.75 Å². The van der Waals surface area contributed by atoms with Gasteiger partial charge in [0.05, 0.1) is 5.75 Å². The fraction of sp³-hybridized carbons (Fsp3) is 0.533. The molecule has 104 valence electrons. The maximum atomic E-state index is 12.3. The minimum atomic E-state index is 0.231. The lowest BCUT2D eigenvalue weighted by atomic mass is 10.2. The summed E-state index contributed by atoms with van der Waals surface area (Å²) in [6.45, 7) is 5.16. The highest BCUT2D eigenvalue weighted by Crippen LogP contribution is 2.29. The zero-order valence-corrected chi connectivity index (χ0v) is 12.3. The van der Waals surface area contributed by atoms with E-state index < -0.39 is 0 Å². The molecule has 1 aliphatic carbocycles. The van der Waals surface area contributed by atoms with E-state index in [4.69, 9.17) is 0 Å². The van der Waals surface area contributed by atoms with Crippen LogP contribution in [0.2, 0.25) is 0 Å². The number of carbonyl (C=O) groups excluding carboxylic acids is 1. The number of amides is 1. The average Bonchev–Trinajstić information content (AvgIpc) is 3.19. The van der Waals surface area contributed by atoms with Gasteiger partial charge in [-0.1, -0.05) is 13.8 Å². The molecule has 1 aromatic rings. The van der Waals surface area contributed by atoms with Gasteiger partial charge >= 0.3 is 0 Å². The lowest BCUT2D eigenvalue weighted by Crippen LogP contribution is -2.37. The minimum Gasteiger partial charge on any atom is -0.508 e. The quantitative estimate of drug-likeness (QED) is 0.813. The Morgan fingerprint density at radius 3 is 2.53 bits per heavy atom. The largest absolute Gasteiger partial charge is 0.508 e. The summed E-state index contributed by atoms with van der Waals surface area (Å²) < 4.78 is 0. The van der Waals surface area contributed by atoms with Crippen LogP contribution in [0.3, 0.4) is 0 Å². The summed E-state index contributed by atoms with van der Waals surface area (Å²) in [6, 6.07) is 7.48. The number of hydrogen-bond donors (Lipinski definition) is 1. The monoisotopic (exact) mass is 279 g/mol. The second-order valence-electron chi connectivity index (χ2n) is 5.45. The molecule has 0 bridgehead atoms. The zero-order chi connectivity index (χ0) is 13.8. The summed E-state index contributed by atoms with van der Waals surface area (Å²) in [5.41, 5.74) is 0. The van der Waals surface area contributed by atoms with Crippen molar-refractivity contribution in [2.45, 2.75) is 37.6 Å². The molecule has 1 aliphatic rings. The van der Waals surface area contributed by atoms with Gasteiger partial charge in [-0.15, -0.1) is 11.8 Å². The van der Waals surface area contributed by atoms with Crippen LogP contribution >= 0.6 is 11.8 Å². The van der Waals surface area contributed by atoms with Crippen molar-refractivity contribution in [1.82, 2.24) is 4.90 Å². The van der Waals surface area contributed by atoms with E-state index in [1.807, 2.05) is 17.0 Å². The first kappa shape index (κ1) is 14.3. The third kappa shape index (κ3) is 4.46. The van der Waals surface area contributed by atoms with Crippen LogP contribution in [0.25, 0.3) is 0 Å². The van der Waals surface area contributed by atoms with Gasteiger partial charge in [-0.3, -0.25) is 4.79 Å². The lowest BCUT2D eigenvalue weighted by Gasteiger charge is -2.24. The van der Waals surface area contributed by atoms with E-state index >= 15 is 0 Å². The van der Waals surface area contributed by atoms with E-state index in [1.165, 1.54) is 11.8 Å². The van der Waals surface area contributed by atoms with Crippen LogP contribution in [0.5, 0.6) is 5.75 Å². The number of nitrogens with zero attached hydrogens (tertiary/aromatic N) is 1. The van der Waals surface area contributed by atoms with Gasteiger partial charge in [-0.25, -0.2) is 0 Å². The highest BCUT2D eigenvalue weighted by Gasteiger charge is 2.32. The van der Waals surface area contributed by atoms with Crippen molar-refractivity contribution in [2.75, 3.05) is 12.3 Å². The summed E-state index contributed by atoms with van der Waals surface area (Å²) >= 11 is 1.54. The molecule has 0 unspecified atom stereocenters. The Balaban J connectivity index is 1.86. The van der Waals surface area contributed by atoms with Gasteiger partial charge in [0, 0.05) is 17.5 Å². The maximum Gasteiger partial charge on any atom is 0.233 e. The van der Waals surface area contributed by atoms with E-state index in [-0.39, 0.29) is 11.7 Å². The van der Waals surface area contributed by atoms with Gasteiger partial charge in [-0.05, 0) is 43.0 Å². The predicted molar refractivity (Wildman–Crippen MR) is 78.4 cm³/mol. The highest BCUT2D eigenvalue weighted by atomic mass is 32.2. The Bertz CT molecular complexity index is 426. The molecule has 1 saturated carbocycles. The van der Waals surface area contributed by atoms with Crippen LogP contribution in [0, 0.1) is 5.92 Å². The molecule has 0 heterocycles. The van der Waals surface area contributed by atoms with Crippen molar-refractivity contribution in [3.8, 4) is 5.75 Å². The summed E-state index contributed by atoms with van der Waals surface area (Å²) in [4.78, 5) is 15.3. The molecular weight excluding hydrogens is 258 g/mol. The second kappa shape index (κ2) is 6.33. The standard InChI is InChI=1S/C15H21NO2S/c1-11(2)9-16(12-3-4-12)15(18)10-19-14-7-5-13(17)6-8-14/h5-8,11-12,17H,3-4,9-10H2,1-2H3. The van der Waals surface area contributed by atoms with Crippen LogP contribution in [-0.2, 0) is 4.79 Å². The van der Waals surface area contributed by atoms with Crippen molar-refractivity contribution in [2.24, 2.45) is 5.92 Å². The van der Waals surface area contributed by atoms with E-state index in [0.29, 0.717) is 17.7 Å². The Hall–Kier alpha value is -1.16. The first-order valence-electron chi connectivity index (χ1n) is 6.77. The van der Waals surface area contributed by atoms with Crippen LogP contribution in [0.4, 0.5) is 0 Å². The smallest absolute Gasteiger partial charge is 0.233 e. The van der Waals surface area contributed by atoms with Crippen LogP contribution in [0.1, 0.15) is 26.7 Å². The summed E-state index contributed by atoms with van der Waals surface area (Å²) in [5.74, 6) is 1.49. The van der Waals surface area contributed by atoms with Crippen molar-refractivity contribution < 1.29 is 9.90 Å². The third-order valence-electron chi connectivity index (χ3n) is 3.07. The molecule has 0 spiro atoms. The molecule has 3 nitrogen and oxygen atoms in total. The fourth-order valence-corrected chi connectivity index (χ4v) is 2.79. The number of aromatic hydroxyl groups is 1. The molecule has 0 aromatic heterocycles. The van der Waals surface area contributed by atoms with Gasteiger partial charge in [0.25, 0.3) is 0 Å². The van der Waals surface area contributed by atoms with Crippen LogP contribution < -0.4 is 0 Å². The molecule has 0 atom stereocenters. The van der Waals surface area contributed by atoms with E-state index in [2.05, 4.69) is 13.8 Å². The SMILES string of the molecule is CC(C)CN(C(=O)CSc1ccc(O)cc1)C1CC1. The van der Waals surface area contributed by atoms with E-state index in [0.717, 1.165) is 24.3 Å². The van der Waals surface area contributed by atoms with Gasteiger partial charge in [-0.2, -0.15) is 0 Å². The molecule has 0 aliphatic heterocycles. The Morgan fingerprint density at radius 1 is 1.37 bits per heavy atom. The molecule has 1 aromatic carbocycles. The molecule has 0 radical (unpaired) electrons. The normalized spacial score (nSPS) is 14.7. The number of phenolic OH excluding ortho intramolecular Hbond substituents is 1. The zero-order valence-electron chi connectivity index (χ0n) is 11.5. The van der Waals surface area contributed by atoms with Gasteiger partial charge in [0.2, 0.25) is 5.91 Å². The number of benzene rings is 1. The van der Waals surface area contributed by atoms with E-state index in [9.17, 15) is 9.90 Å². The number of hydrogen-bond acceptors (Lipinski definition) is 3. The average molecular weight is 279 g/mol. The predicted octanol–water partition coefficient (Wildman–Crippen LogP) is 3.13. The second-order valence-corrected chi connectivity index (χ2v) is 6.50. The molecule has 2 rings (SSSR count). The minimum absolute atomic E-state index is 0.231. The third-order valence-corrected chi connectivity index (χ3v) is 4.07. The summed E-state index contributed by atoms with van der Waals surface area (Å²) in [5, 5.41) is 9.22. The highest BCUT2D eigenvalue weighted by molar-refractivity contribution is 8.00. The number of rotatable bonds is 6. The maximum absolute atomic E-state index is 12.3. The van der Waals surface area contributed by atoms with Crippen LogP contribution in [-0.4, -0.2) is 34.3 Å². The van der Waals surface area contributed by atoms with Gasteiger partial charge in [0.15, 0.2) is 0 Å². The molecule has 1 amide bonds. The first-order valence-corrected chi connectivity index (χ1v) is 7.76. The lowest BCUT2D eigenvalue weighted by molar-refractivity contribution is -0.129. The fourth-order valence-electron chi connectivity index (χ4n) is 2.00. The molecule has 1 N–H and O–H groups in total. The van der Waals surface area contributed by atoms with Gasteiger partial charge < -0.3 is 10.0 Å². The van der Waals surface area contributed by atoms with Crippen molar-refractivity contribution in [3.05, 3.63) is 24.3 Å². The Morgan fingerprint density at radius 2 is 2.00 bits per heavy atom. The molecule has 1 fully saturated rings.